The second kappa shape index (κ2) is 2.67. The fourth-order valence-corrected chi connectivity index (χ4v) is 1.51. The number of hydrogen-bond donors (Lipinski definition) is 2. The summed E-state index contributed by atoms with van der Waals surface area (Å²) >= 11 is 0. The Labute approximate surface area is 70.3 Å². The Bertz CT molecular complexity index is 239. The van der Waals surface area contributed by atoms with Crippen molar-refractivity contribution in [2.75, 3.05) is 26.3 Å². The van der Waals surface area contributed by atoms with Gasteiger partial charge in [-0.1, -0.05) is 0 Å². The van der Waals surface area contributed by atoms with Crippen molar-refractivity contribution in [3.8, 4) is 0 Å². The lowest BCUT2D eigenvalue weighted by Gasteiger charge is -2.28. The zero-order valence-electron chi connectivity index (χ0n) is 6.66. The first-order chi connectivity index (χ1) is 5.77. The van der Waals surface area contributed by atoms with Gasteiger partial charge >= 0.3 is 6.09 Å². The minimum absolute atomic E-state index is 0.570. The third-order valence-corrected chi connectivity index (χ3v) is 2.18. The van der Waals surface area contributed by atoms with Crippen molar-refractivity contribution in [3.63, 3.8) is 0 Å². The Morgan fingerprint density at radius 1 is 1.58 bits per heavy atom. The third-order valence-electron chi connectivity index (χ3n) is 2.18. The zero-order chi connectivity index (χ0) is 8.55. The Balaban J connectivity index is 2.14. The molecule has 0 unspecified atom stereocenters. The summed E-state index contributed by atoms with van der Waals surface area (Å²) in [5, 5.41) is 11.9. The van der Waals surface area contributed by atoms with Gasteiger partial charge in [0.25, 0.3) is 0 Å². The molecular weight excluding hydrogens is 158 g/mol. The first-order valence-corrected chi connectivity index (χ1v) is 3.93. The Kier molecular flexibility index (Phi) is 1.65. The summed E-state index contributed by atoms with van der Waals surface area (Å²) < 4.78 is 0. The first kappa shape index (κ1) is 7.42. The van der Waals surface area contributed by atoms with Crippen LogP contribution in [0.4, 0.5) is 4.79 Å². The molecule has 2 N–H and O–H groups in total. The molecule has 1 saturated heterocycles. The van der Waals surface area contributed by atoms with Crippen molar-refractivity contribution in [2.24, 2.45) is 0 Å². The fourth-order valence-electron chi connectivity index (χ4n) is 1.51. The summed E-state index contributed by atoms with van der Waals surface area (Å²) in [5.41, 5.74) is 1.07. The predicted octanol–water partition coefficient (Wildman–Crippen LogP) is -0.316. The summed E-state index contributed by atoms with van der Waals surface area (Å²) in [5.74, 6) is 0. The van der Waals surface area contributed by atoms with Gasteiger partial charge in [0.2, 0.25) is 0 Å². The number of carboxylic acid groups (broad SMARTS) is 1. The number of hydrogen-bond acceptors (Lipinski definition) is 3. The largest absolute Gasteiger partial charge is 0.465 e. The maximum Gasteiger partial charge on any atom is 0.411 e. The van der Waals surface area contributed by atoms with Gasteiger partial charge in [0.15, 0.2) is 0 Å². The average Bonchev–Trinajstić information content (AvgIpc) is 2.49. The topological polar surface area (TPSA) is 55.8 Å². The Hall–Kier alpha value is -1.23. The number of nitrogens with one attached hydrogen (secondary N) is 1. The van der Waals surface area contributed by atoms with Crippen molar-refractivity contribution in [3.05, 3.63) is 11.9 Å². The van der Waals surface area contributed by atoms with Gasteiger partial charge in [-0.25, -0.2) is 4.79 Å². The van der Waals surface area contributed by atoms with E-state index in [0.717, 1.165) is 25.5 Å². The van der Waals surface area contributed by atoms with Crippen LogP contribution in [0.15, 0.2) is 11.9 Å². The van der Waals surface area contributed by atoms with Gasteiger partial charge in [-0.15, -0.1) is 0 Å². The van der Waals surface area contributed by atoms with E-state index < -0.39 is 6.09 Å². The van der Waals surface area contributed by atoms with E-state index in [1.165, 1.54) is 4.90 Å². The number of fused-ring (bicyclic) bond motifs is 1. The van der Waals surface area contributed by atoms with E-state index in [1.807, 2.05) is 0 Å². The summed E-state index contributed by atoms with van der Waals surface area (Å²) in [6.45, 7) is 2.99. The lowest BCUT2D eigenvalue weighted by molar-refractivity contribution is 0.153. The maximum absolute atomic E-state index is 10.6. The lowest BCUT2D eigenvalue weighted by atomic mass is 10.3. The molecule has 2 heterocycles. The molecule has 5 heteroatoms. The van der Waals surface area contributed by atoms with Gasteiger partial charge < -0.3 is 10.0 Å². The zero-order valence-corrected chi connectivity index (χ0v) is 6.66. The number of carbonyl (C=O) groups is 1. The minimum atomic E-state index is -0.867. The molecule has 2 aliphatic heterocycles. The van der Waals surface area contributed by atoms with Crippen LogP contribution in [0.5, 0.6) is 0 Å². The van der Waals surface area contributed by atoms with Gasteiger partial charge in [0.05, 0.1) is 6.67 Å². The SMILES string of the molecule is O=C(O)N1C=C2CNCN2CC1. The number of amides is 1. The average molecular weight is 169 g/mol. The molecule has 0 atom stereocenters. The van der Waals surface area contributed by atoms with E-state index in [1.54, 1.807) is 6.20 Å². The third kappa shape index (κ3) is 1.12. The Morgan fingerprint density at radius 2 is 2.42 bits per heavy atom. The van der Waals surface area contributed by atoms with E-state index >= 15 is 0 Å². The van der Waals surface area contributed by atoms with Crippen LogP contribution >= 0.6 is 0 Å². The van der Waals surface area contributed by atoms with E-state index in [9.17, 15) is 4.79 Å². The second-order valence-electron chi connectivity index (χ2n) is 2.94. The van der Waals surface area contributed by atoms with Crippen LogP contribution in [0.2, 0.25) is 0 Å². The quantitative estimate of drug-likeness (QED) is 0.522. The molecule has 0 aromatic rings. The number of rotatable bonds is 0. The molecule has 0 saturated carbocycles. The normalized spacial score (nSPS) is 22.2. The first-order valence-electron chi connectivity index (χ1n) is 3.93. The van der Waals surface area contributed by atoms with Gasteiger partial charge in [-0.3, -0.25) is 10.2 Å². The molecule has 0 spiro atoms. The van der Waals surface area contributed by atoms with Crippen LogP contribution in [-0.4, -0.2) is 47.3 Å². The second-order valence-corrected chi connectivity index (χ2v) is 2.94. The smallest absolute Gasteiger partial charge is 0.411 e. The van der Waals surface area contributed by atoms with E-state index in [4.69, 9.17) is 5.11 Å². The molecular formula is C7H11N3O2. The highest BCUT2D eigenvalue weighted by atomic mass is 16.4. The van der Waals surface area contributed by atoms with Crippen molar-refractivity contribution < 1.29 is 9.90 Å². The van der Waals surface area contributed by atoms with Crippen molar-refractivity contribution in [1.82, 2.24) is 15.1 Å². The van der Waals surface area contributed by atoms with Gasteiger partial charge in [-0.05, 0) is 0 Å². The highest BCUT2D eigenvalue weighted by Gasteiger charge is 2.24. The summed E-state index contributed by atoms with van der Waals surface area (Å²) in [6, 6.07) is 0. The van der Waals surface area contributed by atoms with Crippen LogP contribution < -0.4 is 5.32 Å². The summed E-state index contributed by atoms with van der Waals surface area (Å²) in [4.78, 5) is 14.1. The van der Waals surface area contributed by atoms with Gasteiger partial charge in [-0.2, -0.15) is 0 Å². The van der Waals surface area contributed by atoms with Gasteiger partial charge in [0, 0.05) is 31.5 Å². The lowest BCUT2D eigenvalue weighted by Crippen LogP contribution is -2.38. The maximum atomic E-state index is 10.6. The molecule has 1 amide bonds. The highest BCUT2D eigenvalue weighted by molar-refractivity contribution is 5.66. The molecule has 12 heavy (non-hydrogen) atoms. The van der Waals surface area contributed by atoms with Gasteiger partial charge in [0.1, 0.15) is 0 Å². The van der Waals surface area contributed by atoms with Crippen LogP contribution in [0.25, 0.3) is 0 Å². The number of nitrogens with zero attached hydrogens (tertiary/aromatic N) is 2. The molecule has 0 aromatic carbocycles. The van der Waals surface area contributed by atoms with Crippen molar-refractivity contribution >= 4 is 6.09 Å². The highest BCUT2D eigenvalue weighted by Crippen LogP contribution is 2.14. The molecule has 0 bridgehead atoms. The van der Waals surface area contributed by atoms with E-state index in [0.29, 0.717) is 6.54 Å². The molecule has 0 aliphatic carbocycles. The summed E-state index contributed by atoms with van der Waals surface area (Å²) in [6.07, 6.45) is 0.834. The van der Waals surface area contributed by atoms with E-state index in [2.05, 4.69) is 10.2 Å². The molecule has 2 aliphatic rings. The molecule has 0 aromatic heterocycles. The standard InChI is InChI=1S/C7H11N3O2/c11-7(12)9-1-2-10-5-8-3-6(10)4-9/h4,8H,1-3,5H2,(H,11,12). The Morgan fingerprint density at radius 3 is 3.17 bits per heavy atom. The molecule has 2 rings (SSSR count). The molecule has 0 radical (unpaired) electrons. The van der Waals surface area contributed by atoms with Crippen LogP contribution in [0.1, 0.15) is 0 Å². The molecule has 66 valence electrons. The van der Waals surface area contributed by atoms with Crippen LogP contribution in [0.3, 0.4) is 0 Å². The predicted molar refractivity (Wildman–Crippen MR) is 42.4 cm³/mol. The molecule has 1 fully saturated rings. The monoisotopic (exact) mass is 169 g/mol. The van der Waals surface area contributed by atoms with Crippen molar-refractivity contribution in [2.45, 2.75) is 0 Å². The molecule has 5 nitrogen and oxygen atoms in total. The van der Waals surface area contributed by atoms with E-state index in [-0.39, 0.29) is 0 Å². The summed E-state index contributed by atoms with van der Waals surface area (Å²) in [7, 11) is 0. The van der Waals surface area contributed by atoms with Crippen LogP contribution in [-0.2, 0) is 0 Å². The minimum Gasteiger partial charge on any atom is -0.465 e. The van der Waals surface area contributed by atoms with Crippen molar-refractivity contribution in [1.29, 1.82) is 0 Å². The fraction of sp³-hybridized carbons (Fsp3) is 0.571. The van der Waals surface area contributed by atoms with Crippen LogP contribution in [0, 0.1) is 0 Å².